The molecular weight excluding hydrogens is 257 g/mol. The Morgan fingerprint density at radius 2 is 1.94 bits per heavy atom. The average Bonchev–Trinajstić information content (AvgIpc) is 2.31. The summed E-state index contributed by atoms with van der Waals surface area (Å²) in [4.78, 5) is 11.7. The van der Waals surface area contributed by atoms with E-state index in [1.807, 2.05) is 26.8 Å². The van der Waals surface area contributed by atoms with E-state index in [0.29, 0.717) is 10.0 Å². The third kappa shape index (κ3) is 3.90. The van der Waals surface area contributed by atoms with Crippen LogP contribution in [0.5, 0.6) is 0 Å². The van der Waals surface area contributed by atoms with Crippen LogP contribution < -0.4 is 5.32 Å². The average molecular weight is 274 g/mol. The molecule has 2 atom stereocenters. The van der Waals surface area contributed by atoms with Gasteiger partial charge in [-0.1, -0.05) is 43.1 Å². The Hall–Kier alpha value is -0.730. The second kappa shape index (κ2) is 6.27. The summed E-state index contributed by atoms with van der Waals surface area (Å²) in [6.07, 6.45) is 0.833. The second-order valence-corrected chi connectivity index (χ2v) is 5.03. The minimum atomic E-state index is -0.0636. The quantitative estimate of drug-likeness (QED) is 0.875. The van der Waals surface area contributed by atoms with Crippen molar-refractivity contribution in [3.63, 3.8) is 0 Å². The third-order valence-corrected chi connectivity index (χ3v) is 3.60. The van der Waals surface area contributed by atoms with E-state index in [2.05, 4.69) is 5.32 Å². The predicted octanol–water partition coefficient (Wildman–Crippen LogP) is 4.22. The van der Waals surface area contributed by atoms with Gasteiger partial charge in [0, 0.05) is 5.92 Å². The molecule has 94 valence electrons. The van der Waals surface area contributed by atoms with Crippen LogP contribution in [-0.4, -0.2) is 5.91 Å². The van der Waals surface area contributed by atoms with Crippen molar-refractivity contribution in [2.45, 2.75) is 33.2 Å². The number of hydrogen-bond donors (Lipinski definition) is 1. The van der Waals surface area contributed by atoms with Crippen LogP contribution in [-0.2, 0) is 4.79 Å². The lowest BCUT2D eigenvalue weighted by atomic mass is 10.1. The number of benzene rings is 1. The summed E-state index contributed by atoms with van der Waals surface area (Å²) < 4.78 is 0. The van der Waals surface area contributed by atoms with E-state index in [9.17, 15) is 4.79 Å². The summed E-state index contributed by atoms with van der Waals surface area (Å²) in [7, 11) is 0. The molecule has 1 aromatic carbocycles. The Morgan fingerprint density at radius 1 is 1.29 bits per heavy atom. The lowest BCUT2D eigenvalue weighted by molar-refractivity contribution is -0.125. The van der Waals surface area contributed by atoms with Crippen LogP contribution in [0.25, 0.3) is 0 Å². The zero-order valence-corrected chi connectivity index (χ0v) is 11.8. The lowest BCUT2D eigenvalue weighted by Gasteiger charge is -2.17. The molecule has 0 saturated heterocycles. The van der Waals surface area contributed by atoms with Gasteiger partial charge >= 0.3 is 0 Å². The van der Waals surface area contributed by atoms with Gasteiger partial charge in [-0.3, -0.25) is 4.79 Å². The van der Waals surface area contributed by atoms with Crippen LogP contribution in [0, 0.1) is 5.92 Å². The Bertz CT molecular complexity index is 406. The SMILES string of the molecule is CCC(C)C(=O)NC(C)c1ccc(Cl)c(Cl)c1. The first-order valence-electron chi connectivity index (χ1n) is 5.71. The summed E-state index contributed by atoms with van der Waals surface area (Å²) in [5, 5.41) is 3.98. The molecular formula is C13H17Cl2NO. The number of amides is 1. The molecule has 0 spiro atoms. The number of carbonyl (C=O) groups excluding carboxylic acids is 1. The van der Waals surface area contributed by atoms with Gasteiger partial charge in [-0.15, -0.1) is 0 Å². The molecule has 0 heterocycles. The molecule has 4 heteroatoms. The minimum Gasteiger partial charge on any atom is -0.349 e. The van der Waals surface area contributed by atoms with E-state index in [4.69, 9.17) is 23.2 Å². The van der Waals surface area contributed by atoms with Gasteiger partial charge in [0.05, 0.1) is 16.1 Å². The highest BCUT2D eigenvalue weighted by molar-refractivity contribution is 6.42. The Labute approximate surface area is 112 Å². The maximum Gasteiger partial charge on any atom is 0.223 e. The fourth-order valence-electron chi connectivity index (χ4n) is 1.41. The summed E-state index contributed by atoms with van der Waals surface area (Å²) in [6.45, 7) is 5.84. The fourth-order valence-corrected chi connectivity index (χ4v) is 1.71. The minimum absolute atomic E-state index is 0.0280. The van der Waals surface area contributed by atoms with Gasteiger partial charge in [0.1, 0.15) is 0 Å². The van der Waals surface area contributed by atoms with E-state index < -0.39 is 0 Å². The van der Waals surface area contributed by atoms with Gasteiger partial charge in [0.25, 0.3) is 0 Å². The van der Waals surface area contributed by atoms with Gasteiger partial charge in [-0.2, -0.15) is 0 Å². The molecule has 2 unspecified atom stereocenters. The molecule has 0 bridgehead atoms. The summed E-state index contributed by atoms with van der Waals surface area (Å²) in [5.74, 6) is 0.0892. The largest absolute Gasteiger partial charge is 0.349 e. The molecule has 0 aromatic heterocycles. The molecule has 1 N–H and O–H groups in total. The van der Waals surface area contributed by atoms with E-state index in [1.54, 1.807) is 12.1 Å². The van der Waals surface area contributed by atoms with Crippen molar-refractivity contribution in [3.8, 4) is 0 Å². The van der Waals surface area contributed by atoms with Crippen molar-refractivity contribution in [1.29, 1.82) is 0 Å². The van der Waals surface area contributed by atoms with Crippen molar-refractivity contribution < 1.29 is 4.79 Å². The molecule has 0 aliphatic rings. The third-order valence-electron chi connectivity index (χ3n) is 2.86. The van der Waals surface area contributed by atoms with Crippen LogP contribution in [0.15, 0.2) is 18.2 Å². The molecule has 0 radical (unpaired) electrons. The molecule has 1 aromatic rings. The van der Waals surface area contributed by atoms with Gasteiger partial charge < -0.3 is 5.32 Å². The van der Waals surface area contributed by atoms with Crippen molar-refractivity contribution in [1.82, 2.24) is 5.32 Å². The van der Waals surface area contributed by atoms with Gasteiger partial charge in [0.2, 0.25) is 5.91 Å². The monoisotopic (exact) mass is 273 g/mol. The lowest BCUT2D eigenvalue weighted by Crippen LogP contribution is -2.31. The summed E-state index contributed by atoms with van der Waals surface area (Å²) in [5.41, 5.74) is 0.955. The molecule has 0 fully saturated rings. The zero-order valence-electron chi connectivity index (χ0n) is 10.3. The van der Waals surface area contributed by atoms with Crippen LogP contribution in [0.2, 0.25) is 10.0 Å². The number of nitrogens with one attached hydrogen (secondary N) is 1. The van der Waals surface area contributed by atoms with Crippen molar-refractivity contribution in [2.75, 3.05) is 0 Å². The number of rotatable bonds is 4. The van der Waals surface area contributed by atoms with Crippen LogP contribution in [0.3, 0.4) is 0 Å². The molecule has 17 heavy (non-hydrogen) atoms. The molecule has 0 aliphatic heterocycles. The van der Waals surface area contributed by atoms with Crippen LogP contribution >= 0.6 is 23.2 Å². The summed E-state index contributed by atoms with van der Waals surface area (Å²) in [6, 6.07) is 5.33. The first-order chi connectivity index (χ1) is 7.95. The highest BCUT2D eigenvalue weighted by atomic mass is 35.5. The maximum atomic E-state index is 11.7. The molecule has 0 saturated carbocycles. The Morgan fingerprint density at radius 3 is 2.47 bits per heavy atom. The van der Waals surface area contributed by atoms with Crippen molar-refractivity contribution >= 4 is 29.1 Å². The van der Waals surface area contributed by atoms with Crippen molar-refractivity contribution in [3.05, 3.63) is 33.8 Å². The number of carbonyl (C=O) groups is 1. The molecule has 1 rings (SSSR count). The smallest absolute Gasteiger partial charge is 0.223 e. The Balaban J connectivity index is 2.73. The normalized spacial score (nSPS) is 14.2. The van der Waals surface area contributed by atoms with Gasteiger partial charge in [0.15, 0.2) is 0 Å². The topological polar surface area (TPSA) is 29.1 Å². The van der Waals surface area contributed by atoms with Crippen LogP contribution in [0.4, 0.5) is 0 Å². The summed E-state index contributed by atoms with van der Waals surface area (Å²) >= 11 is 11.8. The van der Waals surface area contributed by atoms with E-state index >= 15 is 0 Å². The van der Waals surface area contributed by atoms with Gasteiger partial charge in [-0.25, -0.2) is 0 Å². The highest BCUT2D eigenvalue weighted by Gasteiger charge is 2.14. The maximum absolute atomic E-state index is 11.7. The first-order valence-corrected chi connectivity index (χ1v) is 6.46. The van der Waals surface area contributed by atoms with Crippen molar-refractivity contribution in [2.24, 2.45) is 5.92 Å². The molecule has 2 nitrogen and oxygen atoms in total. The van der Waals surface area contributed by atoms with E-state index in [1.165, 1.54) is 0 Å². The first kappa shape index (κ1) is 14.3. The Kier molecular flexibility index (Phi) is 5.29. The van der Waals surface area contributed by atoms with Gasteiger partial charge in [-0.05, 0) is 31.0 Å². The fraction of sp³-hybridized carbons (Fsp3) is 0.462. The van der Waals surface area contributed by atoms with E-state index in [0.717, 1.165) is 12.0 Å². The van der Waals surface area contributed by atoms with Crippen LogP contribution in [0.1, 0.15) is 38.8 Å². The predicted molar refractivity (Wildman–Crippen MR) is 72.5 cm³/mol. The second-order valence-electron chi connectivity index (χ2n) is 4.21. The highest BCUT2D eigenvalue weighted by Crippen LogP contribution is 2.25. The number of hydrogen-bond acceptors (Lipinski definition) is 1. The zero-order chi connectivity index (χ0) is 13.0. The molecule has 0 aliphatic carbocycles. The molecule has 1 amide bonds. The van der Waals surface area contributed by atoms with E-state index in [-0.39, 0.29) is 17.9 Å². The standard InChI is InChI=1S/C13H17Cl2NO/c1-4-8(2)13(17)16-9(3)10-5-6-11(14)12(15)7-10/h5-9H,4H2,1-3H3,(H,16,17). The number of halogens is 2.